The lowest BCUT2D eigenvalue weighted by atomic mass is 10.2. The number of carbonyl (C=O) groups is 1. The number of nitrogens with one attached hydrogen (secondary N) is 1. The summed E-state index contributed by atoms with van der Waals surface area (Å²) >= 11 is 5.91. The third-order valence-corrected chi connectivity index (χ3v) is 3.90. The summed E-state index contributed by atoms with van der Waals surface area (Å²) in [6, 6.07) is 18.0. The number of aromatic nitrogens is 1. The molecule has 6 heteroatoms. The zero-order valence-corrected chi connectivity index (χ0v) is 14.2. The van der Waals surface area contributed by atoms with E-state index in [9.17, 15) is 14.4 Å². The molecule has 0 unspecified atom stereocenters. The molecule has 1 N–H and O–H groups in total. The van der Waals surface area contributed by atoms with Crippen molar-refractivity contribution >= 4 is 29.3 Å². The van der Waals surface area contributed by atoms with E-state index in [0.717, 1.165) is 5.69 Å². The van der Waals surface area contributed by atoms with Gasteiger partial charge in [-0.15, -0.1) is 0 Å². The second kappa shape index (κ2) is 7.68. The van der Waals surface area contributed by atoms with E-state index in [-0.39, 0.29) is 5.57 Å². The molecule has 26 heavy (non-hydrogen) atoms. The topological polar surface area (TPSA) is 57.8 Å². The normalized spacial score (nSPS) is 11.0. The van der Waals surface area contributed by atoms with Gasteiger partial charge in [0.05, 0.1) is 0 Å². The Morgan fingerprint density at radius 3 is 2.46 bits per heavy atom. The van der Waals surface area contributed by atoms with Crippen molar-refractivity contribution in [2.75, 3.05) is 5.32 Å². The second-order valence-electron chi connectivity index (χ2n) is 5.41. The Morgan fingerprint density at radius 2 is 1.81 bits per heavy atom. The van der Waals surface area contributed by atoms with Gasteiger partial charge in [0.25, 0.3) is 5.91 Å². The molecule has 4 nitrogen and oxygen atoms in total. The van der Waals surface area contributed by atoms with Crippen molar-refractivity contribution in [2.45, 2.75) is 0 Å². The molecular formula is C20H13ClFN3O. The lowest BCUT2D eigenvalue weighted by molar-refractivity contribution is -0.112. The molecule has 1 aromatic heterocycles. The van der Waals surface area contributed by atoms with E-state index in [1.54, 1.807) is 18.2 Å². The van der Waals surface area contributed by atoms with Gasteiger partial charge in [0.15, 0.2) is 0 Å². The van der Waals surface area contributed by atoms with Crippen molar-refractivity contribution in [1.29, 1.82) is 5.26 Å². The highest BCUT2D eigenvalue weighted by Gasteiger charge is 2.11. The minimum atomic E-state index is -0.567. The van der Waals surface area contributed by atoms with Gasteiger partial charge in [0.1, 0.15) is 17.5 Å². The Hall–Kier alpha value is -3.36. The average Bonchev–Trinajstić information content (AvgIpc) is 3.10. The minimum absolute atomic E-state index is 0.0664. The molecule has 1 heterocycles. The molecule has 0 bridgehead atoms. The van der Waals surface area contributed by atoms with Crippen LogP contribution in [-0.2, 0) is 4.79 Å². The largest absolute Gasteiger partial charge is 0.321 e. The lowest BCUT2D eigenvalue weighted by Crippen LogP contribution is -2.13. The quantitative estimate of drug-likeness (QED) is 0.532. The molecule has 3 rings (SSSR count). The summed E-state index contributed by atoms with van der Waals surface area (Å²) in [5.41, 5.74) is 1.86. The first-order valence-corrected chi connectivity index (χ1v) is 8.06. The fourth-order valence-electron chi connectivity index (χ4n) is 2.38. The summed E-state index contributed by atoms with van der Waals surface area (Å²) in [6.45, 7) is 0. The van der Waals surface area contributed by atoms with E-state index in [1.165, 1.54) is 30.3 Å². The number of hydrogen-bond donors (Lipinski definition) is 1. The number of benzene rings is 2. The molecule has 0 saturated heterocycles. The van der Waals surface area contributed by atoms with E-state index in [0.29, 0.717) is 16.4 Å². The maximum absolute atomic E-state index is 12.9. The van der Waals surface area contributed by atoms with E-state index in [2.05, 4.69) is 5.32 Å². The van der Waals surface area contributed by atoms with Crippen molar-refractivity contribution in [3.63, 3.8) is 0 Å². The molecule has 0 atom stereocenters. The summed E-state index contributed by atoms with van der Waals surface area (Å²) in [6.07, 6.45) is 3.31. The summed E-state index contributed by atoms with van der Waals surface area (Å²) in [5, 5.41) is 12.5. The highest BCUT2D eigenvalue weighted by atomic mass is 35.5. The van der Waals surface area contributed by atoms with Crippen LogP contribution in [0.25, 0.3) is 11.8 Å². The summed E-state index contributed by atoms with van der Waals surface area (Å²) < 4.78 is 14.8. The number of amides is 1. The van der Waals surface area contributed by atoms with Crippen LogP contribution in [0.1, 0.15) is 5.69 Å². The van der Waals surface area contributed by atoms with Gasteiger partial charge in [0.2, 0.25) is 0 Å². The van der Waals surface area contributed by atoms with Crippen LogP contribution in [0, 0.1) is 17.1 Å². The lowest BCUT2D eigenvalue weighted by Gasteiger charge is -2.08. The van der Waals surface area contributed by atoms with Crippen LogP contribution in [0.5, 0.6) is 0 Å². The predicted molar refractivity (Wildman–Crippen MR) is 99.4 cm³/mol. The Morgan fingerprint density at radius 1 is 1.12 bits per heavy atom. The first kappa shape index (κ1) is 17.5. The molecular weight excluding hydrogens is 353 g/mol. The van der Waals surface area contributed by atoms with Crippen molar-refractivity contribution < 1.29 is 9.18 Å². The number of carbonyl (C=O) groups excluding carboxylic acids is 1. The van der Waals surface area contributed by atoms with Crippen molar-refractivity contribution in [3.8, 4) is 11.8 Å². The Balaban J connectivity index is 1.87. The molecule has 0 radical (unpaired) electrons. The van der Waals surface area contributed by atoms with Gasteiger partial charge in [-0.1, -0.05) is 11.6 Å². The smallest absolute Gasteiger partial charge is 0.266 e. The van der Waals surface area contributed by atoms with E-state index < -0.39 is 11.7 Å². The maximum Gasteiger partial charge on any atom is 0.266 e. The number of nitrogens with zero attached hydrogens (tertiary/aromatic N) is 2. The Kier molecular flexibility index (Phi) is 5.16. The van der Waals surface area contributed by atoms with E-state index in [1.807, 2.05) is 35.0 Å². The zero-order chi connectivity index (χ0) is 18.5. The van der Waals surface area contributed by atoms with Gasteiger partial charge in [-0.25, -0.2) is 4.39 Å². The molecule has 128 valence electrons. The van der Waals surface area contributed by atoms with Gasteiger partial charge in [-0.05, 0) is 66.7 Å². The molecule has 1 amide bonds. The van der Waals surface area contributed by atoms with Crippen LogP contribution in [0.15, 0.2) is 72.4 Å². The van der Waals surface area contributed by atoms with Gasteiger partial charge in [0, 0.05) is 28.3 Å². The number of halogens is 2. The predicted octanol–water partition coefficient (Wildman–Crippen LogP) is 4.82. The fourth-order valence-corrected chi connectivity index (χ4v) is 2.50. The van der Waals surface area contributed by atoms with Gasteiger partial charge in [-0.2, -0.15) is 5.26 Å². The fraction of sp³-hybridized carbons (Fsp3) is 0. The van der Waals surface area contributed by atoms with Gasteiger partial charge in [-0.3, -0.25) is 4.79 Å². The Bertz CT molecular complexity index is 999. The minimum Gasteiger partial charge on any atom is -0.321 e. The van der Waals surface area contributed by atoms with Crippen LogP contribution in [0.4, 0.5) is 10.1 Å². The van der Waals surface area contributed by atoms with Crippen LogP contribution in [0.3, 0.4) is 0 Å². The van der Waals surface area contributed by atoms with E-state index >= 15 is 0 Å². The average molecular weight is 366 g/mol. The molecule has 0 fully saturated rings. The number of rotatable bonds is 4. The second-order valence-corrected chi connectivity index (χ2v) is 5.85. The highest BCUT2D eigenvalue weighted by Crippen LogP contribution is 2.18. The van der Waals surface area contributed by atoms with Crippen LogP contribution in [0.2, 0.25) is 5.02 Å². The SMILES string of the molecule is N#C/C(=C/c1cccn1-c1ccc(Cl)cc1)C(=O)Nc1ccc(F)cc1. The molecule has 0 saturated carbocycles. The third kappa shape index (κ3) is 4.00. The van der Waals surface area contributed by atoms with Gasteiger partial charge >= 0.3 is 0 Å². The standard InChI is InChI=1S/C20H13ClFN3O/c21-15-3-9-18(10-4-15)25-11-1-2-19(25)12-14(13-23)20(26)24-17-7-5-16(22)6-8-17/h1-12H,(H,24,26)/b14-12-. The third-order valence-electron chi connectivity index (χ3n) is 3.64. The maximum atomic E-state index is 12.9. The van der Waals surface area contributed by atoms with Crippen LogP contribution < -0.4 is 5.32 Å². The zero-order valence-electron chi connectivity index (χ0n) is 13.5. The molecule has 0 aliphatic rings. The Labute approximate surface area is 154 Å². The van der Waals surface area contributed by atoms with Crippen molar-refractivity contribution in [1.82, 2.24) is 4.57 Å². The molecule has 2 aromatic carbocycles. The summed E-state index contributed by atoms with van der Waals surface area (Å²) in [5.74, 6) is -0.970. The van der Waals surface area contributed by atoms with Crippen LogP contribution >= 0.6 is 11.6 Å². The molecule has 0 aliphatic heterocycles. The number of hydrogen-bond acceptors (Lipinski definition) is 2. The highest BCUT2D eigenvalue weighted by molar-refractivity contribution is 6.30. The van der Waals surface area contributed by atoms with Crippen molar-refractivity contribution in [3.05, 3.63) is 89.0 Å². The van der Waals surface area contributed by atoms with Crippen molar-refractivity contribution in [2.24, 2.45) is 0 Å². The monoisotopic (exact) mass is 365 g/mol. The number of nitriles is 1. The van der Waals surface area contributed by atoms with E-state index in [4.69, 9.17) is 11.6 Å². The first-order chi connectivity index (χ1) is 12.6. The van der Waals surface area contributed by atoms with Gasteiger partial charge < -0.3 is 9.88 Å². The molecule has 3 aromatic rings. The molecule has 0 spiro atoms. The van der Waals surface area contributed by atoms with Crippen LogP contribution in [-0.4, -0.2) is 10.5 Å². The molecule has 0 aliphatic carbocycles. The number of anilines is 1. The summed E-state index contributed by atoms with van der Waals surface area (Å²) in [7, 11) is 0. The summed E-state index contributed by atoms with van der Waals surface area (Å²) in [4.78, 5) is 12.3. The first-order valence-electron chi connectivity index (χ1n) is 7.69.